The van der Waals surface area contributed by atoms with Crippen molar-refractivity contribution in [2.45, 2.75) is 51.7 Å². The summed E-state index contributed by atoms with van der Waals surface area (Å²) in [5.74, 6) is 0. The van der Waals surface area contributed by atoms with E-state index in [1.807, 2.05) is 0 Å². The summed E-state index contributed by atoms with van der Waals surface area (Å²) >= 11 is 0. The van der Waals surface area contributed by atoms with Crippen LogP contribution in [0, 0.1) is 0 Å². The molecule has 0 saturated carbocycles. The third-order valence-electron chi connectivity index (χ3n) is 5.72. The average molecular weight is 383 g/mol. The van der Waals surface area contributed by atoms with Crippen molar-refractivity contribution >= 4 is 21.5 Å². The first-order chi connectivity index (χ1) is 14.3. The van der Waals surface area contributed by atoms with Crippen molar-refractivity contribution in [1.29, 1.82) is 0 Å². The van der Waals surface area contributed by atoms with Gasteiger partial charge in [-0.15, -0.1) is 0 Å². The van der Waals surface area contributed by atoms with Crippen molar-refractivity contribution in [3.63, 3.8) is 0 Å². The lowest BCUT2D eigenvalue weighted by Gasteiger charge is -2.26. The molecule has 0 bridgehead atoms. The van der Waals surface area contributed by atoms with Crippen molar-refractivity contribution in [2.24, 2.45) is 0 Å². The summed E-state index contributed by atoms with van der Waals surface area (Å²) in [4.78, 5) is 0. The van der Waals surface area contributed by atoms with Crippen molar-refractivity contribution in [3.8, 4) is 0 Å². The average Bonchev–Trinajstić information content (AvgIpc) is 2.77. The van der Waals surface area contributed by atoms with Crippen molar-refractivity contribution in [1.82, 2.24) is 0 Å². The van der Waals surface area contributed by atoms with Gasteiger partial charge in [0.15, 0.2) is 0 Å². The van der Waals surface area contributed by atoms with Crippen LogP contribution in [-0.4, -0.2) is 0 Å². The van der Waals surface area contributed by atoms with Gasteiger partial charge >= 0.3 is 0 Å². The molecule has 2 unspecified atom stereocenters. The lowest BCUT2D eigenvalue weighted by molar-refractivity contribution is -0.0245. The third kappa shape index (κ3) is 4.52. The van der Waals surface area contributed by atoms with E-state index in [9.17, 15) is 0 Å². The van der Waals surface area contributed by atoms with E-state index in [1.165, 1.54) is 32.7 Å². The highest BCUT2D eigenvalue weighted by Gasteiger charge is 2.20. The van der Waals surface area contributed by atoms with Gasteiger partial charge in [-0.05, 0) is 57.6 Å². The molecule has 0 aliphatic rings. The Labute approximate surface area is 174 Å². The van der Waals surface area contributed by atoms with E-state index < -0.39 is 0 Å². The van der Waals surface area contributed by atoms with Gasteiger partial charge < -0.3 is 4.74 Å². The zero-order chi connectivity index (χ0) is 20.1. The fourth-order valence-corrected chi connectivity index (χ4v) is 4.17. The van der Waals surface area contributed by atoms with Crippen LogP contribution >= 0.6 is 0 Å². The zero-order valence-electron chi connectivity index (χ0n) is 17.5. The van der Waals surface area contributed by atoms with Gasteiger partial charge in [0.1, 0.15) is 0 Å². The third-order valence-corrected chi connectivity index (χ3v) is 5.72. The van der Waals surface area contributed by atoms with Crippen LogP contribution in [0.15, 0.2) is 84.9 Å². The van der Waals surface area contributed by atoms with Gasteiger partial charge in [0.05, 0.1) is 12.2 Å². The minimum absolute atomic E-state index is 0.118. The summed E-state index contributed by atoms with van der Waals surface area (Å²) in [5, 5.41) is 5.14. The van der Waals surface area contributed by atoms with Gasteiger partial charge in [0, 0.05) is 0 Å². The molecule has 0 aliphatic carbocycles. The van der Waals surface area contributed by atoms with Gasteiger partial charge in [-0.2, -0.15) is 0 Å². The van der Waals surface area contributed by atoms with E-state index >= 15 is 0 Å². The first kappa shape index (κ1) is 19.7. The van der Waals surface area contributed by atoms with Gasteiger partial charge in [0.2, 0.25) is 0 Å². The minimum atomic E-state index is 0.118. The van der Waals surface area contributed by atoms with Gasteiger partial charge in [-0.25, -0.2) is 0 Å². The Bertz CT molecular complexity index is 994. The summed E-state index contributed by atoms with van der Waals surface area (Å²) in [5.41, 5.74) is 2.57. The quantitative estimate of drug-likeness (QED) is 0.297. The van der Waals surface area contributed by atoms with E-state index in [0.717, 1.165) is 25.7 Å². The van der Waals surface area contributed by atoms with Crippen LogP contribution < -0.4 is 0 Å². The van der Waals surface area contributed by atoms with Gasteiger partial charge in [0.25, 0.3) is 0 Å². The van der Waals surface area contributed by atoms with Crippen LogP contribution in [0.4, 0.5) is 0 Å². The highest BCUT2D eigenvalue weighted by Crippen LogP contribution is 2.35. The molecule has 0 spiro atoms. The van der Waals surface area contributed by atoms with E-state index in [-0.39, 0.29) is 12.2 Å². The lowest BCUT2D eigenvalue weighted by atomic mass is 9.98. The molecule has 0 fully saturated rings. The molecule has 0 N–H and O–H groups in total. The maximum Gasteiger partial charge on any atom is 0.0833 e. The molecule has 0 saturated heterocycles. The van der Waals surface area contributed by atoms with Crippen LogP contribution in [0.1, 0.15) is 62.9 Å². The fraction of sp³-hybridized carbons (Fsp3) is 0.286. The number of benzene rings is 4. The number of hydrogen-bond donors (Lipinski definition) is 0. The topological polar surface area (TPSA) is 9.23 Å². The van der Waals surface area contributed by atoms with E-state index in [2.05, 4.69) is 98.8 Å². The van der Waals surface area contributed by atoms with Crippen LogP contribution in [0.2, 0.25) is 0 Å². The van der Waals surface area contributed by atoms with Crippen LogP contribution in [-0.2, 0) is 4.74 Å². The van der Waals surface area contributed by atoms with Crippen LogP contribution in [0.5, 0.6) is 0 Å². The molecule has 4 rings (SSSR count). The summed E-state index contributed by atoms with van der Waals surface area (Å²) in [7, 11) is 0. The first-order valence-corrected chi connectivity index (χ1v) is 10.9. The summed E-state index contributed by atoms with van der Waals surface area (Å²) < 4.78 is 6.80. The molecule has 2 atom stereocenters. The standard InChI is InChI=1S/C28H30O/c1-3-9-27(25-17-15-21-11-5-7-13-23(21)19-25)29-28(10-4-2)26-18-16-22-12-6-8-14-24(22)20-26/h5-8,11-20,27-28H,3-4,9-10H2,1-2H3. The molecule has 29 heavy (non-hydrogen) atoms. The number of fused-ring (bicyclic) bond motifs is 2. The molecule has 4 aromatic rings. The molecule has 0 aromatic heterocycles. The van der Waals surface area contributed by atoms with Crippen molar-refractivity contribution in [2.75, 3.05) is 0 Å². The summed E-state index contributed by atoms with van der Waals surface area (Å²) in [6.07, 6.45) is 4.51. The Morgan fingerprint density at radius 1 is 0.552 bits per heavy atom. The predicted octanol–water partition coefficient (Wildman–Crippen LogP) is 8.39. The van der Waals surface area contributed by atoms with Gasteiger partial charge in [-0.1, -0.05) is 99.5 Å². The monoisotopic (exact) mass is 382 g/mol. The Morgan fingerprint density at radius 2 is 0.966 bits per heavy atom. The van der Waals surface area contributed by atoms with E-state index in [4.69, 9.17) is 4.74 Å². The Morgan fingerprint density at radius 3 is 1.38 bits per heavy atom. The van der Waals surface area contributed by atoms with Crippen molar-refractivity contribution < 1.29 is 4.74 Å². The largest absolute Gasteiger partial charge is 0.366 e. The van der Waals surface area contributed by atoms with E-state index in [1.54, 1.807) is 0 Å². The highest BCUT2D eigenvalue weighted by atomic mass is 16.5. The summed E-state index contributed by atoms with van der Waals surface area (Å²) in [6.45, 7) is 4.48. The molecule has 0 aliphatic heterocycles. The predicted molar refractivity (Wildman–Crippen MR) is 124 cm³/mol. The Balaban J connectivity index is 1.65. The first-order valence-electron chi connectivity index (χ1n) is 10.9. The molecule has 0 heterocycles. The number of ether oxygens (including phenoxy) is 1. The lowest BCUT2D eigenvalue weighted by Crippen LogP contribution is -2.11. The van der Waals surface area contributed by atoms with Gasteiger partial charge in [-0.3, -0.25) is 0 Å². The molecule has 0 amide bonds. The summed E-state index contributed by atoms with van der Waals surface area (Å²) in [6, 6.07) is 30.7. The zero-order valence-corrected chi connectivity index (χ0v) is 17.5. The second-order valence-electron chi connectivity index (χ2n) is 7.90. The molecular formula is C28H30O. The fourth-order valence-electron chi connectivity index (χ4n) is 4.17. The Kier molecular flexibility index (Phi) is 6.27. The molecule has 4 aromatic carbocycles. The molecule has 1 nitrogen and oxygen atoms in total. The number of rotatable bonds is 8. The second kappa shape index (κ2) is 9.24. The van der Waals surface area contributed by atoms with Crippen molar-refractivity contribution in [3.05, 3.63) is 96.1 Å². The highest BCUT2D eigenvalue weighted by molar-refractivity contribution is 5.83. The van der Waals surface area contributed by atoms with E-state index in [0.29, 0.717) is 0 Å². The molecule has 148 valence electrons. The minimum Gasteiger partial charge on any atom is -0.366 e. The molecule has 0 radical (unpaired) electrons. The van der Waals surface area contributed by atoms with Crippen LogP contribution in [0.3, 0.4) is 0 Å². The normalized spacial score (nSPS) is 13.6. The van der Waals surface area contributed by atoms with Crippen LogP contribution in [0.25, 0.3) is 21.5 Å². The molecular weight excluding hydrogens is 352 g/mol. The molecule has 1 heteroatoms. The SMILES string of the molecule is CCCC(OC(CCC)c1ccc2ccccc2c1)c1ccc2ccccc2c1. The Hall–Kier alpha value is -2.64. The number of hydrogen-bond acceptors (Lipinski definition) is 1. The smallest absolute Gasteiger partial charge is 0.0833 e. The second-order valence-corrected chi connectivity index (χ2v) is 7.90. The maximum atomic E-state index is 6.80. The maximum absolute atomic E-state index is 6.80.